The second-order valence-corrected chi connectivity index (χ2v) is 9.28. The van der Waals surface area contributed by atoms with E-state index < -0.39 is 16.0 Å². The Kier molecular flexibility index (Phi) is 5.42. The lowest BCUT2D eigenvalue weighted by molar-refractivity contribution is 0.0620. The molecule has 6 nitrogen and oxygen atoms in total. The van der Waals surface area contributed by atoms with Crippen molar-refractivity contribution in [2.24, 2.45) is 5.92 Å². The first kappa shape index (κ1) is 16.9. The van der Waals surface area contributed by atoms with Gasteiger partial charge in [-0.3, -0.25) is 0 Å². The second-order valence-electron chi connectivity index (χ2n) is 4.90. The molecule has 1 aliphatic rings. The van der Waals surface area contributed by atoms with Crippen molar-refractivity contribution in [2.45, 2.75) is 17.7 Å². The molecule has 0 radical (unpaired) electrons. The van der Waals surface area contributed by atoms with E-state index in [1.54, 1.807) is 0 Å². The third-order valence-corrected chi connectivity index (χ3v) is 7.47. The molecule has 0 aromatic carbocycles. The molecular weight excluding hydrogens is 382 g/mol. The van der Waals surface area contributed by atoms with E-state index in [1.807, 2.05) is 0 Å². The van der Waals surface area contributed by atoms with Gasteiger partial charge in [-0.15, -0.1) is 11.3 Å². The van der Waals surface area contributed by atoms with Gasteiger partial charge in [0.2, 0.25) is 10.0 Å². The van der Waals surface area contributed by atoms with Crippen molar-refractivity contribution in [3.05, 3.63) is 14.7 Å². The number of rotatable bonds is 5. The first-order valence-electron chi connectivity index (χ1n) is 6.39. The summed E-state index contributed by atoms with van der Waals surface area (Å²) in [5, 5.41) is 8.96. The molecule has 0 bridgehead atoms. The summed E-state index contributed by atoms with van der Waals surface area (Å²) in [4.78, 5) is 11.0. The molecule has 9 heteroatoms. The SMILES string of the molecule is CN(CC1CCOCC1)S(=O)(=O)c1cc(C(=O)O)sc1Br. The number of aromatic carboxylic acids is 1. The quantitative estimate of drug-likeness (QED) is 0.823. The summed E-state index contributed by atoms with van der Waals surface area (Å²) in [5.74, 6) is -0.857. The number of sulfonamides is 1. The van der Waals surface area contributed by atoms with E-state index in [2.05, 4.69) is 15.9 Å². The predicted octanol–water partition coefficient (Wildman–Crippen LogP) is 2.26. The molecule has 1 fully saturated rings. The van der Waals surface area contributed by atoms with Crippen LogP contribution in [0.4, 0.5) is 0 Å². The first-order chi connectivity index (χ1) is 9.82. The first-order valence-corrected chi connectivity index (χ1v) is 9.44. The maximum atomic E-state index is 12.5. The van der Waals surface area contributed by atoms with E-state index >= 15 is 0 Å². The maximum Gasteiger partial charge on any atom is 0.345 e. The maximum absolute atomic E-state index is 12.5. The van der Waals surface area contributed by atoms with Crippen LogP contribution < -0.4 is 0 Å². The lowest BCUT2D eigenvalue weighted by Crippen LogP contribution is -2.34. The zero-order valence-corrected chi connectivity index (χ0v) is 14.6. The summed E-state index contributed by atoms with van der Waals surface area (Å²) in [6.07, 6.45) is 1.68. The molecule has 21 heavy (non-hydrogen) atoms. The monoisotopic (exact) mass is 397 g/mol. The molecule has 2 heterocycles. The molecule has 0 amide bonds. The van der Waals surface area contributed by atoms with Gasteiger partial charge in [0.15, 0.2) is 0 Å². The van der Waals surface area contributed by atoms with Crippen LogP contribution in [0.2, 0.25) is 0 Å². The molecule has 0 atom stereocenters. The van der Waals surface area contributed by atoms with Crippen molar-refractivity contribution in [1.29, 1.82) is 0 Å². The van der Waals surface area contributed by atoms with E-state index in [-0.39, 0.29) is 15.7 Å². The number of carboxylic acid groups (broad SMARTS) is 1. The molecular formula is C12H16BrNO5S2. The number of nitrogens with zero attached hydrogens (tertiary/aromatic N) is 1. The second kappa shape index (κ2) is 6.74. The van der Waals surface area contributed by atoms with Crippen molar-refractivity contribution in [2.75, 3.05) is 26.8 Å². The highest BCUT2D eigenvalue weighted by Gasteiger charge is 2.29. The Balaban J connectivity index is 2.18. The average molecular weight is 398 g/mol. The molecule has 1 aromatic heterocycles. The molecule has 0 unspecified atom stereocenters. The van der Waals surface area contributed by atoms with Crippen LogP contribution in [-0.4, -0.2) is 50.6 Å². The van der Waals surface area contributed by atoms with Crippen molar-refractivity contribution < 1.29 is 23.1 Å². The number of halogens is 1. The van der Waals surface area contributed by atoms with E-state index in [1.165, 1.54) is 17.4 Å². The van der Waals surface area contributed by atoms with Crippen LogP contribution in [-0.2, 0) is 14.8 Å². The zero-order valence-electron chi connectivity index (χ0n) is 11.4. The summed E-state index contributed by atoms with van der Waals surface area (Å²) in [7, 11) is -2.17. The standard InChI is InChI=1S/C12H16BrNO5S2/c1-14(7-8-2-4-19-5-3-8)21(17,18)10-6-9(12(15)16)20-11(10)13/h6,8H,2-5,7H2,1H3,(H,15,16). The van der Waals surface area contributed by atoms with Crippen LogP contribution in [0.25, 0.3) is 0 Å². The van der Waals surface area contributed by atoms with Crippen molar-refractivity contribution in [3.8, 4) is 0 Å². The molecule has 0 aliphatic carbocycles. The number of carbonyl (C=O) groups is 1. The van der Waals surface area contributed by atoms with Gasteiger partial charge in [0.1, 0.15) is 9.77 Å². The highest BCUT2D eigenvalue weighted by Crippen LogP contribution is 2.33. The minimum atomic E-state index is -3.69. The average Bonchev–Trinajstić information content (AvgIpc) is 2.83. The summed E-state index contributed by atoms with van der Waals surface area (Å²) < 4.78 is 32.0. The van der Waals surface area contributed by atoms with Crippen LogP contribution in [0.15, 0.2) is 14.7 Å². The summed E-state index contributed by atoms with van der Waals surface area (Å²) >= 11 is 4.05. The fourth-order valence-corrected chi connectivity index (χ4v) is 5.79. The van der Waals surface area contributed by atoms with Crippen molar-refractivity contribution in [1.82, 2.24) is 4.31 Å². The summed E-state index contributed by atoms with van der Waals surface area (Å²) in [5.41, 5.74) is 0. The Bertz CT molecular complexity index is 622. The smallest absolute Gasteiger partial charge is 0.345 e. The third-order valence-electron chi connectivity index (χ3n) is 3.41. The van der Waals surface area contributed by atoms with Gasteiger partial charge >= 0.3 is 5.97 Å². The Labute approximate surface area is 135 Å². The molecule has 2 rings (SSSR count). The van der Waals surface area contributed by atoms with E-state index in [9.17, 15) is 13.2 Å². The predicted molar refractivity (Wildman–Crippen MR) is 82.3 cm³/mol. The molecule has 118 valence electrons. The Morgan fingerprint density at radius 2 is 2.14 bits per heavy atom. The highest BCUT2D eigenvalue weighted by atomic mass is 79.9. The number of hydrogen-bond acceptors (Lipinski definition) is 5. The van der Waals surface area contributed by atoms with Gasteiger partial charge in [-0.05, 0) is 40.8 Å². The van der Waals surface area contributed by atoms with Gasteiger partial charge in [-0.2, -0.15) is 0 Å². The summed E-state index contributed by atoms with van der Waals surface area (Å²) in [6.45, 7) is 1.73. The van der Waals surface area contributed by atoms with Gasteiger partial charge in [-0.1, -0.05) is 0 Å². The molecule has 1 aliphatic heterocycles. The number of carboxylic acids is 1. The van der Waals surface area contributed by atoms with Gasteiger partial charge < -0.3 is 9.84 Å². The lowest BCUT2D eigenvalue weighted by Gasteiger charge is -2.26. The Morgan fingerprint density at radius 1 is 1.52 bits per heavy atom. The van der Waals surface area contributed by atoms with E-state index in [0.717, 1.165) is 24.2 Å². The topological polar surface area (TPSA) is 83.9 Å². The minimum Gasteiger partial charge on any atom is -0.477 e. The highest BCUT2D eigenvalue weighted by molar-refractivity contribution is 9.11. The molecule has 1 saturated heterocycles. The van der Waals surface area contributed by atoms with Crippen LogP contribution in [0.5, 0.6) is 0 Å². The fraction of sp³-hybridized carbons (Fsp3) is 0.583. The van der Waals surface area contributed by atoms with Crippen molar-refractivity contribution >= 4 is 43.3 Å². The number of ether oxygens (including phenoxy) is 1. The zero-order chi connectivity index (χ0) is 15.6. The normalized spacial score (nSPS) is 17.3. The molecule has 1 aromatic rings. The van der Waals surface area contributed by atoms with Crippen molar-refractivity contribution in [3.63, 3.8) is 0 Å². The van der Waals surface area contributed by atoms with E-state index in [0.29, 0.717) is 23.5 Å². The summed E-state index contributed by atoms with van der Waals surface area (Å²) in [6, 6.07) is 1.20. The van der Waals surface area contributed by atoms with Gasteiger partial charge in [0.05, 0.1) is 3.79 Å². The largest absolute Gasteiger partial charge is 0.477 e. The number of thiophene rings is 1. The Hall–Kier alpha value is -0.480. The third kappa shape index (κ3) is 3.84. The minimum absolute atomic E-state index is 0.0000774. The van der Waals surface area contributed by atoms with Crippen LogP contribution in [0.3, 0.4) is 0 Å². The molecule has 0 spiro atoms. The molecule has 1 N–H and O–H groups in total. The number of hydrogen-bond donors (Lipinski definition) is 1. The fourth-order valence-electron chi connectivity index (χ4n) is 2.19. The van der Waals surface area contributed by atoms with Crippen LogP contribution >= 0.6 is 27.3 Å². The van der Waals surface area contributed by atoms with Gasteiger partial charge in [0, 0.05) is 26.8 Å². The van der Waals surface area contributed by atoms with Crippen LogP contribution in [0, 0.1) is 5.92 Å². The van der Waals surface area contributed by atoms with Gasteiger partial charge in [-0.25, -0.2) is 17.5 Å². The lowest BCUT2D eigenvalue weighted by atomic mass is 10.0. The Morgan fingerprint density at radius 3 is 2.67 bits per heavy atom. The molecule has 0 saturated carbocycles. The van der Waals surface area contributed by atoms with Crippen LogP contribution in [0.1, 0.15) is 22.5 Å². The van der Waals surface area contributed by atoms with E-state index in [4.69, 9.17) is 9.84 Å². The van der Waals surface area contributed by atoms with Gasteiger partial charge in [0.25, 0.3) is 0 Å².